The van der Waals surface area contributed by atoms with Crippen LogP contribution in [0, 0.1) is 5.41 Å². The molecule has 1 aromatic heterocycles. The molecule has 28 heavy (non-hydrogen) atoms. The van der Waals surface area contributed by atoms with Crippen LogP contribution in [0.3, 0.4) is 0 Å². The van der Waals surface area contributed by atoms with Crippen molar-refractivity contribution in [2.24, 2.45) is 16.3 Å². The molecule has 0 saturated heterocycles. The molecule has 1 aliphatic rings. The Labute approximate surface area is 163 Å². The third kappa shape index (κ3) is 3.53. The van der Waals surface area contributed by atoms with Crippen molar-refractivity contribution in [3.8, 4) is 11.4 Å². The second-order valence-electron chi connectivity index (χ2n) is 7.79. The fourth-order valence-electron chi connectivity index (χ4n) is 3.51. The van der Waals surface area contributed by atoms with Crippen LogP contribution >= 0.6 is 0 Å². The molecule has 1 aliphatic carbocycles. The highest BCUT2D eigenvalue weighted by Crippen LogP contribution is 2.36. The van der Waals surface area contributed by atoms with Crippen LogP contribution in [0.4, 0.5) is 0 Å². The first-order chi connectivity index (χ1) is 13.4. The van der Waals surface area contributed by atoms with E-state index in [0.717, 1.165) is 35.5 Å². The summed E-state index contributed by atoms with van der Waals surface area (Å²) in [6, 6.07) is 16.7. The second-order valence-corrected chi connectivity index (χ2v) is 7.79. The van der Waals surface area contributed by atoms with Crippen molar-refractivity contribution >= 4 is 11.6 Å². The molecule has 4 rings (SSSR count). The van der Waals surface area contributed by atoms with Gasteiger partial charge in [-0.2, -0.15) is 5.10 Å². The van der Waals surface area contributed by atoms with E-state index in [1.54, 1.807) is 12.1 Å². The van der Waals surface area contributed by atoms with Crippen molar-refractivity contribution in [2.75, 3.05) is 0 Å². The molecule has 0 fully saturated rings. The average molecular weight is 374 g/mol. The monoisotopic (exact) mass is 374 g/mol. The quantitative estimate of drug-likeness (QED) is 0.707. The van der Waals surface area contributed by atoms with E-state index >= 15 is 0 Å². The molecule has 6 heteroatoms. The van der Waals surface area contributed by atoms with Crippen LogP contribution < -0.4 is 10.6 Å². The molecule has 0 spiro atoms. The summed E-state index contributed by atoms with van der Waals surface area (Å²) in [7, 11) is 0. The molecule has 6 nitrogen and oxygen atoms in total. The number of para-hydroxylation sites is 1. The van der Waals surface area contributed by atoms with Gasteiger partial charge in [-0.3, -0.25) is 4.79 Å². The van der Waals surface area contributed by atoms with Crippen LogP contribution in [0.15, 0.2) is 65.9 Å². The molecular formula is C22H22N4O2. The maximum Gasteiger partial charge on any atom is 0.248 e. The van der Waals surface area contributed by atoms with Crippen LogP contribution in [0.5, 0.6) is 5.75 Å². The van der Waals surface area contributed by atoms with Gasteiger partial charge in [-0.1, -0.05) is 37.2 Å². The second kappa shape index (κ2) is 6.96. The highest BCUT2D eigenvalue weighted by Gasteiger charge is 2.33. The molecule has 0 aliphatic heterocycles. The fraction of sp³-hybridized carbons (Fsp3) is 0.227. The lowest BCUT2D eigenvalue weighted by Gasteiger charge is -2.30. The average Bonchev–Trinajstić information content (AvgIpc) is 3.09. The number of primary amides is 1. The first-order valence-corrected chi connectivity index (χ1v) is 9.19. The molecule has 0 saturated carbocycles. The number of aromatic nitrogens is 2. The third-order valence-electron chi connectivity index (χ3n) is 4.87. The summed E-state index contributed by atoms with van der Waals surface area (Å²) in [5.74, 6) is 0.261. The molecule has 2 N–H and O–H groups in total. The molecule has 0 atom stereocenters. The molecule has 2 aromatic carbocycles. The standard InChI is InChI=1S/C22H22N4O2/c1-22(2)12-19(25-28-17-6-4-3-5-7-17)18-14-24-26(20(18)13-22)16-10-8-15(9-11-16)21(23)27/h3-11,14H,12-13H2,1-2H3,(H2,23,27)/b25-19-. The summed E-state index contributed by atoms with van der Waals surface area (Å²) >= 11 is 0. The van der Waals surface area contributed by atoms with E-state index in [1.165, 1.54) is 0 Å². The molecule has 0 radical (unpaired) electrons. The lowest BCUT2D eigenvalue weighted by Crippen LogP contribution is -2.28. The summed E-state index contributed by atoms with van der Waals surface area (Å²) in [5, 5.41) is 9.01. The highest BCUT2D eigenvalue weighted by atomic mass is 16.6. The van der Waals surface area contributed by atoms with Crippen molar-refractivity contribution < 1.29 is 9.63 Å². The maximum absolute atomic E-state index is 11.3. The van der Waals surface area contributed by atoms with Crippen molar-refractivity contribution in [3.05, 3.63) is 77.6 Å². The zero-order valence-corrected chi connectivity index (χ0v) is 15.9. The predicted octanol–water partition coefficient (Wildman–Crippen LogP) is 3.73. The first-order valence-electron chi connectivity index (χ1n) is 9.19. The largest absolute Gasteiger partial charge is 0.366 e. The Hall–Kier alpha value is -3.41. The van der Waals surface area contributed by atoms with Gasteiger partial charge >= 0.3 is 0 Å². The summed E-state index contributed by atoms with van der Waals surface area (Å²) in [4.78, 5) is 17.0. The number of benzene rings is 2. The number of nitrogens with zero attached hydrogens (tertiary/aromatic N) is 3. The summed E-state index contributed by atoms with van der Waals surface area (Å²) in [6.45, 7) is 4.42. The minimum atomic E-state index is -0.442. The third-order valence-corrected chi connectivity index (χ3v) is 4.87. The molecular weight excluding hydrogens is 352 g/mol. The minimum absolute atomic E-state index is 0.0246. The predicted molar refractivity (Wildman–Crippen MR) is 108 cm³/mol. The summed E-state index contributed by atoms with van der Waals surface area (Å²) in [6.07, 6.45) is 3.50. The minimum Gasteiger partial charge on any atom is -0.366 e. The van der Waals surface area contributed by atoms with E-state index in [-0.39, 0.29) is 5.41 Å². The number of carbonyl (C=O) groups excluding carboxylic acids is 1. The zero-order valence-electron chi connectivity index (χ0n) is 15.9. The van der Waals surface area contributed by atoms with Gasteiger partial charge in [0.15, 0.2) is 5.75 Å². The Bertz CT molecular complexity index is 1030. The molecule has 0 bridgehead atoms. The van der Waals surface area contributed by atoms with Crippen molar-refractivity contribution in [1.82, 2.24) is 9.78 Å². The van der Waals surface area contributed by atoms with Gasteiger partial charge < -0.3 is 10.6 Å². The SMILES string of the molecule is CC1(C)C/C(=N/Oc2ccccc2)c2cnn(-c3ccc(C(N)=O)cc3)c2C1. The van der Waals surface area contributed by atoms with Gasteiger partial charge in [0.2, 0.25) is 5.91 Å². The number of rotatable bonds is 4. The highest BCUT2D eigenvalue weighted by molar-refractivity contribution is 6.02. The van der Waals surface area contributed by atoms with E-state index < -0.39 is 5.91 Å². The van der Waals surface area contributed by atoms with Gasteiger partial charge in [0.05, 0.1) is 23.3 Å². The number of hydrogen-bond donors (Lipinski definition) is 1. The Morgan fingerprint density at radius 1 is 1.11 bits per heavy atom. The van der Waals surface area contributed by atoms with E-state index in [1.807, 2.05) is 53.3 Å². The first kappa shape index (κ1) is 18.0. The van der Waals surface area contributed by atoms with E-state index in [4.69, 9.17) is 10.6 Å². The topological polar surface area (TPSA) is 82.5 Å². The van der Waals surface area contributed by atoms with Crippen LogP contribution in [0.1, 0.15) is 41.9 Å². The molecule has 0 unspecified atom stereocenters. The maximum atomic E-state index is 11.3. The fourth-order valence-corrected chi connectivity index (χ4v) is 3.51. The van der Waals surface area contributed by atoms with Gasteiger partial charge in [0.25, 0.3) is 0 Å². The van der Waals surface area contributed by atoms with Gasteiger partial charge in [-0.15, -0.1) is 0 Å². The Morgan fingerprint density at radius 2 is 1.82 bits per heavy atom. The Balaban J connectivity index is 1.71. The van der Waals surface area contributed by atoms with Gasteiger partial charge in [-0.05, 0) is 54.7 Å². The van der Waals surface area contributed by atoms with Gasteiger partial charge in [0, 0.05) is 11.1 Å². The Kier molecular flexibility index (Phi) is 4.47. The molecule has 1 heterocycles. The zero-order chi connectivity index (χ0) is 19.7. The number of carbonyl (C=O) groups is 1. The van der Waals surface area contributed by atoms with Crippen LogP contribution in [-0.4, -0.2) is 21.4 Å². The smallest absolute Gasteiger partial charge is 0.248 e. The van der Waals surface area contributed by atoms with Crippen LogP contribution in [-0.2, 0) is 6.42 Å². The number of oxime groups is 1. The van der Waals surface area contributed by atoms with Crippen LogP contribution in [0.2, 0.25) is 0 Å². The van der Waals surface area contributed by atoms with E-state index in [0.29, 0.717) is 11.3 Å². The van der Waals surface area contributed by atoms with Crippen molar-refractivity contribution in [1.29, 1.82) is 0 Å². The lowest BCUT2D eigenvalue weighted by atomic mass is 9.76. The molecule has 142 valence electrons. The molecule has 1 amide bonds. The Morgan fingerprint density at radius 3 is 2.50 bits per heavy atom. The van der Waals surface area contributed by atoms with Crippen molar-refractivity contribution in [3.63, 3.8) is 0 Å². The number of amides is 1. The normalized spacial score (nSPS) is 16.6. The van der Waals surface area contributed by atoms with Crippen LogP contribution in [0.25, 0.3) is 5.69 Å². The lowest BCUT2D eigenvalue weighted by molar-refractivity contribution is 0.100. The van der Waals surface area contributed by atoms with E-state index in [9.17, 15) is 4.79 Å². The van der Waals surface area contributed by atoms with Crippen molar-refractivity contribution in [2.45, 2.75) is 26.7 Å². The van der Waals surface area contributed by atoms with Gasteiger partial charge in [-0.25, -0.2) is 4.68 Å². The van der Waals surface area contributed by atoms with Gasteiger partial charge in [0.1, 0.15) is 0 Å². The number of nitrogens with two attached hydrogens (primary N) is 1. The van der Waals surface area contributed by atoms with E-state index in [2.05, 4.69) is 24.1 Å². The summed E-state index contributed by atoms with van der Waals surface area (Å²) < 4.78 is 1.90. The number of fused-ring (bicyclic) bond motifs is 1. The molecule has 3 aromatic rings. The number of hydrogen-bond acceptors (Lipinski definition) is 4. The summed E-state index contributed by atoms with van der Waals surface area (Å²) in [5.41, 5.74) is 9.68.